The summed E-state index contributed by atoms with van der Waals surface area (Å²) in [6, 6.07) is 12.2. The molecule has 0 saturated carbocycles. The lowest BCUT2D eigenvalue weighted by Crippen LogP contribution is -2.42. The first kappa shape index (κ1) is 25.0. The lowest BCUT2D eigenvalue weighted by Gasteiger charge is -2.36. The Bertz CT molecular complexity index is 1030. The van der Waals surface area contributed by atoms with Crippen LogP contribution in [0, 0.1) is 12.8 Å². The standard InChI is InChI=1S/C25H32N4O5/c1-16-7-4-5-9-20(16)27-25(33)28-21-10-6-8-19(24(21)34-3)23(26-17(2)30)18-11-13-29(14-12-18)15-22(31)32/h4-10,18,23H,11-15H2,1-3H3,(H,26,30)(H,31,32)(H2,27,28,33). The molecule has 9 heteroatoms. The molecule has 34 heavy (non-hydrogen) atoms. The third-order valence-electron chi connectivity index (χ3n) is 6.05. The highest BCUT2D eigenvalue weighted by Crippen LogP contribution is 2.39. The number of amides is 3. The molecule has 3 amide bonds. The Kier molecular flexibility index (Phi) is 8.48. The normalized spacial score (nSPS) is 15.3. The number of aliphatic carboxylic acids is 1. The third-order valence-corrected chi connectivity index (χ3v) is 6.05. The molecule has 3 rings (SSSR count). The quantitative estimate of drug-likeness (QED) is 0.470. The molecule has 1 saturated heterocycles. The number of para-hydroxylation sites is 2. The van der Waals surface area contributed by atoms with E-state index in [0.717, 1.165) is 24.0 Å². The summed E-state index contributed by atoms with van der Waals surface area (Å²) in [7, 11) is 1.53. The Hall–Kier alpha value is -3.59. The van der Waals surface area contributed by atoms with Gasteiger partial charge in [0.25, 0.3) is 0 Å². The van der Waals surface area contributed by atoms with E-state index >= 15 is 0 Å². The summed E-state index contributed by atoms with van der Waals surface area (Å²) in [4.78, 5) is 37.7. The van der Waals surface area contributed by atoms with Gasteiger partial charge in [-0.1, -0.05) is 30.3 Å². The average molecular weight is 469 g/mol. The van der Waals surface area contributed by atoms with Gasteiger partial charge in [0.15, 0.2) is 0 Å². The number of methoxy groups -OCH3 is 1. The minimum absolute atomic E-state index is 0.0102. The molecule has 4 N–H and O–H groups in total. The summed E-state index contributed by atoms with van der Waals surface area (Å²) in [6.45, 7) is 4.65. The van der Waals surface area contributed by atoms with E-state index in [2.05, 4.69) is 16.0 Å². The maximum atomic E-state index is 12.7. The fraction of sp³-hybridized carbons (Fsp3) is 0.400. The number of anilines is 2. The SMILES string of the molecule is COc1c(NC(=O)Nc2ccccc2C)cccc1C(NC(C)=O)C1CCN(CC(=O)O)CC1. The minimum Gasteiger partial charge on any atom is -0.494 e. The number of carboxylic acids is 1. The number of piperidine rings is 1. The van der Waals surface area contributed by atoms with E-state index in [1.807, 2.05) is 48.2 Å². The van der Waals surface area contributed by atoms with Crippen LogP contribution in [0.5, 0.6) is 5.75 Å². The van der Waals surface area contributed by atoms with Crippen molar-refractivity contribution in [3.63, 3.8) is 0 Å². The molecule has 0 spiro atoms. The van der Waals surface area contributed by atoms with Gasteiger partial charge >= 0.3 is 12.0 Å². The zero-order chi connectivity index (χ0) is 24.7. The number of hydrogen-bond acceptors (Lipinski definition) is 5. The number of carbonyl (C=O) groups excluding carboxylic acids is 2. The first-order chi connectivity index (χ1) is 16.3. The van der Waals surface area contributed by atoms with Crippen LogP contribution in [0.4, 0.5) is 16.2 Å². The summed E-state index contributed by atoms with van der Waals surface area (Å²) >= 11 is 0. The second-order valence-electron chi connectivity index (χ2n) is 8.51. The van der Waals surface area contributed by atoms with Gasteiger partial charge in [-0.2, -0.15) is 0 Å². The summed E-state index contributed by atoms with van der Waals surface area (Å²) in [6.07, 6.45) is 1.46. The number of carboxylic acid groups (broad SMARTS) is 1. The number of ether oxygens (including phenoxy) is 1. The molecule has 1 aliphatic heterocycles. The predicted octanol–water partition coefficient (Wildman–Crippen LogP) is 3.62. The van der Waals surface area contributed by atoms with Crippen LogP contribution in [-0.4, -0.2) is 54.7 Å². The fourth-order valence-corrected chi connectivity index (χ4v) is 4.42. The zero-order valence-electron chi connectivity index (χ0n) is 19.8. The van der Waals surface area contributed by atoms with Crippen LogP contribution in [0.15, 0.2) is 42.5 Å². The van der Waals surface area contributed by atoms with E-state index in [4.69, 9.17) is 9.84 Å². The van der Waals surface area contributed by atoms with Crippen LogP contribution in [0.25, 0.3) is 0 Å². The highest BCUT2D eigenvalue weighted by atomic mass is 16.5. The van der Waals surface area contributed by atoms with Gasteiger partial charge in [0.2, 0.25) is 5.91 Å². The molecule has 1 heterocycles. The highest BCUT2D eigenvalue weighted by molar-refractivity contribution is 6.01. The Labute approximate surface area is 199 Å². The lowest BCUT2D eigenvalue weighted by atomic mass is 9.84. The lowest BCUT2D eigenvalue weighted by molar-refractivity contribution is -0.138. The number of aryl methyl sites for hydroxylation is 1. The van der Waals surface area contributed by atoms with E-state index < -0.39 is 12.0 Å². The molecule has 9 nitrogen and oxygen atoms in total. The predicted molar refractivity (Wildman–Crippen MR) is 130 cm³/mol. The molecular formula is C25H32N4O5. The first-order valence-electron chi connectivity index (χ1n) is 11.3. The van der Waals surface area contributed by atoms with Gasteiger partial charge in [-0.05, 0) is 56.5 Å². The second-order valence-corrected chi connectivity index (χ2v) is 8.51. The molecule has 0 aromatic heterocycles. The van der Waals surface area contributed by atoms with Gasteiger partial charge in [-0.15, -0.1) is 0 Å². The molecule has 0 aliphatic carbocycles. The molecule has 182 valence electrons. The van der Waals surface area contributed by atoms with Crippen LogP contribution < -0.4 is 20.7 Å². The van der Waals surface area contributed by atoms with E-state index in [0.29, 0.717) is 30.2 Å². The monoisotopic (exact) mass is 468 g/mol. The smallest absolute Gasteiger partial charge is 0.323 e. The Balaban J connectivity index is 1.81. The number of likely N-dealkylation sites (tertiary alicyclic amines) is 1. The number of nitrogens with one attached hydrogen (secondary N) is 3. The Morgan fingerprint density at radius 2 is 1.71 bits per heavy atom. The molecule has 1 atom stereocenters. The van der Waals surface area contributed by atoms with Crippen LogP contribution in [0.2, 0.25) is 0 Å². The summed E-state index contributed by atoms with van der Waals surface area (Å²) in [5, 5.41) is 17.8. The fourth-order valence-electron chi connectivity index (χ4n) is 4.42. The number of nitrogens with zero attached hydrogens (tertiary/aromatic N) is 1. The summed E-state index contributed by atoms with van der Waals surface area (Å²) in [5.74, 6) is -0.440. The molecule has 1 aliphatic rings. The van der Waals surface area contributed by atoms with Crippen molar-refractivity contribution in [2.75, 3.05) is 37.4 Å². The van der Waals surface area contributed by atoms with Gasteiger partial charge in [0.05, 0.1) is 25.4 Å². The maximum absolute atomic E-state index is 12.7. The van der Waals surface area contributed by atoms with Gasteiger partial charge in [-0.25, -0.2) is 4.79 Å². The molecule has 2 aromatic rings. The number of urea groups is 1. The van der Waals surface area contributed by atoms with Gasteiger partial charge < -0.3 is 25.8 Å². The number of rotatable bonds is 8. The van der Waals surface area contributed by atoms with Crippen molar-refractivity contribution in [1.82, 2.24) is 10.2 Å². The van der Waals surface area contributed by atoms with Crippen molar-refractivity contribution in [1.29, 1.82) is 0 Å². The Morgan fingerprint density at radius 3 is 2.32 bits per heavy atom. The van der Waals surface area contributed by atoms with Crippen LogP contribution in [-0.2, 0) is 9.59 Å². The molecule has 1 unspecified atom stereocenters. The van der Waals surface area contributed by atoms with Crippen LogP contribution in [0.1, 0.15) is 36.9 Å². The summed E-state index contributed by atoms with van der Waals surface area (Å²) < 4.78 is 5.70. The van der Waals surface area contributed by atoms with E-state index in [-0.39, 0.29) is 24.4 Å². The largest absolute Gasteiger partial charge is 0.494 e. The third kappa shape index (κ3) is 6.48. The van der Waals surface area contributed by atoms with Gasteiger partial charge in [0.1, 0.15) is 5.75 Å². The van der Waals surface area contributed by atoms with Crippen molar-refractivity contribution in [2.45, 2.75) is 32.7 Å². The van der Waals surface area contributed by atoms with Crippen molar-refractivity contribution in [3.05, 3.63) is 53.6 Å². The average Bonchev–Trinajstić information content (AvgIpc) is 2.79. The maximum Gasteiger partial charge on any atom is 0.323 e. The van der Waals surface area contributed by atoms with Crippen molar-refractivity contribution in [3.8, 4) is 5.75 Å². The van der Waals surface area contributed by atoms with E-state index in [1.165, 1.54) is 14.0 Å². The van der Waals surface area contributed by atoms with E-state index in [1.54, 1.807) is 6.07 Å². The molecule has 0 bridgehead atoms. The minimum atomic E-state index is -0.846. The van der Waals surface area contributed by atoms with Crippen molar-refractivity contribution < 1.29 is 24.2 Å². The number of benzene rings is 2. The van der Waals surface area contributed by atoms with E-state index in [9.17, 15) is 14.4 Å². The molecule has 2 aromatic carbocycles. The first-order valence-corrected chi connectivity index (χ1v) is 11.3. The molecule has 1 fully saturated rings. The Morgan fingerprint density at radius 1 is 1.06 bits per heavy atom. The highest BCUT2D eigenvalue weighted by Gasteiger charge is 2.31. The second kappa shape index (κ2) is 11.5. The van der Waals surface area contributed by atoms with Gasteiger partial charge in [0, 0.05) is 18.2 Å². The van der Waals surface area contributed by atoms with Crippen LogP contribution in [0.3, 0.4) is 0 Å². The summed E-state index contributed by atoms with van der Waals surface area (Å²) in [5.41, 5.74) is 2.91. The van der Waals surface area contributed by atoms with Crippen molar-refractivity contribution >= 4 is 29.3 Å². The molecule has 0 radical (unpaired) electrons. The van der Waals surface area contributed by atoms with Crippen molar-refractivity contribution in [2.24, 2.45) is 5.92 Å². The van der Waals surface area contributed by atoms with Gasteiger partial charge in [-0.3, -0.25) is 14.5 Å². The van der Waals surface area contributed by atoms with Crippen LogP contribution >= 0.6 is 0 Å². The number of carbonyl (C=O) groups is 3. The topological polar surface area (TPSA) is 120 Å². The molecular weight excluding hydrogens is 436 g/mol. The zero-order valence-corrected chi connectivity index (χ0v) is 19.8. The number of hydrogen-bond donors (Lipinski definition) is 4.